The Labute approximate surface area is 147 Å². The molecule has 2 atom stereocenters. The SMILES string of the molecule is C[C@H]1CN(C(=O)C(=O)NCC[C@@](O)(c2nccn2C)C(F)(F)F)CCO1. The lowest BCUT2D eigenvalue weighted by Crippen LogP contribution is -2.51. The van der Waals surface area contributed by atoms with Gasteiger partial charge in [-0.1, -0.05) is 0 Å². The summed E-state index contributed by atoms with van der Waals surface area (Å²) in [6.07, 6.45) is -3.69. The largest absolute Gasteiger partial charge is 0.424 e. The fourth-order valence-corrected chi connectivity index (χ4v) is 2.72. The molecule has 1 aliphatic rings. The molecule has 0 radical (unpaired) electrons. The van der Waals surface area contributed by atoms with E-state index in [0.717, 1.165) is 10.8 Å². The maximum Gasteiger partial charge on any atom is 0.424 e. The number of morpholine rings is 1. The summed E-state index contributed by atoms with van der Waals surface area (Å²) in [6.45, 7) is 1.94. The van der Waals surface area contributed by atoms with Gasteiger partial charge in [0.05, 0.1) is 12.7 Å². The number of ether oxygens (including phenoxy) is 1. The summed E-state index contributed by atoms with van der Waals surface area (Å²) >= 11 is 0. The van der Waals surface area contributed by atoms with E-state index >= 15 is 0 Å². The molecule has 2 rings (SSSR count). The Balaban J connectivity index is 1.98. The number of hydrogen-bond donors (Lipinski definition) is 2. The van der Waals surface area contributed by atoms with Gasteiger partial charge in [0.1, 0.15) is 5.82 Å². The average molecular weight is 378 g/mol. The molecule has 0 bridgehead atoms. The number of carbonyl (C=O) groups excluding carboxylic acids is 2. The van der Waals surface area contributed by atoms with Crippen molar-refractivity contribution in [3.05, 3.63) is 18.2 Å². The van der Waals surface area contributed by atoms with Crippen LogP contribution in [0.3, 0.4) is 0 Å². The minimum Gasteiger partial charge on any atom is -0.375 e. The van der Waals surface area contributed by atoms with Crippen LogP contribution in [0.25, 0.3) is 0 Å². The molecular weight excluding hydrogens is 357 g/mol. The van der Waals surface area contributed by atoms with E-state index in [1.165, 1.54) is 18.1 Å². The van der Waals surface area contributed by atoms with Gasteiger partial charge in [-0.3, -0.25) is 9.59 Å². The van der Waals surface area contributed by atoms with E-state index in [1.54, 1.807) is 6.92 Å². The number of hydrogen-bond acceptors (Lipinski definition) is 5. The third kappa shape index (κ3) is 4.15. The van der Waals surface area contributed by atoms with Crippen molar-refractivity contribution in [2.24, 2.45) is 7.05 Å². The van der Waals surface area contributed by atoms with Crippen LogP contribution in [0, 0.1) is 0 Å². The molecule has 8 nitrogen and oxygen atoms in total. The van der Waals surface area contributed by atoms with Crippen LogP contribution >= 0.6 is 0 Å². The first-order chi connectivity index (χ1) is 12.1. The van der Waals surface area contributed by atoms with Crippen molar-refractivity contribution < 1.29 is 32.6 Å². The Hall–Kier alpha value is -2.14. The maximum absolute atomic E-state index is 13.4. The first-order valence-electron chi connectivity index (χ1n) is 8.02. The van der Waals surface area contributed by atoms with Crippen LogP contribution in [0.4, 0.5) is 13.2 Å². The predicted molar refractivity (Wildman–Crippen MR) is 82.8 cm³/mol. The van der Waals surface area contributed by atoms with Crippen LogP contribution in [0.15, 0.2) is 12.4 Å². The van der Waals surface area contributed by atoms with E-state index in [1.807, 2.05) is 0 Å². The summed E-state index contributed by atoms with van der Waals surface area (Å²) in [7, 11) is 1.32. The monoisotopic (exact) mass is 378 g/mol. The van der Waals surface area contributed by atoms with Gasteiger partial charge in [0.15, 0.2) is 0 Å². The van der Waals surface area contributed by atoms with E-state index < -0.39 is 42.4 Å². The molecule has 11 heteroatoms. The third-order valence-corrected chi connectivity index (χ3v) is 4.15. The molecule has 26 heavy (non-hydrogen) atoms. The Kier molecular flexibility index (Phi) is 5.91. The van der Waals surface area contributed by atoms with Crippen LogP contribution in [-0.4, -0.2) is 69.9 Å². The number of halogens is 3. The molecule has 0 aliphatic carbocycles. The Morgan fingerprint density at radius 3 is 2.69 bits per heavy atom. The topological polar surface area (TPSA) is 96.7 Å². The number of nitrogens with one attached hydrogen (secondary N) is 1. The van der Waals surface area contributed by atoms with Crippen LogP contribution < -0.4 is 5.32 Å². The zero-order valence-corrected chi connectivity index (χ0v) is 14.4. The number of alkyl halides is 3. The molecule has 146 valence electrons. The first kappa shape index (κ1) is 20.2. The summed E-state index contributed by atoms with van der Waals surface area (Å²) in [5.41, 5.74) is -3.24. The maximum atomic E-state index is 13.4. The minimum absolute atomic E-state index is 0.223. The highest BCUT2D eigenvalue weighted by molar-refractivity contribution is 6.35. The number of nitrogens with zero attached hydrogens (tertiary/aromatic N) is 3. The predicted octanol–water partition coefficient (Wildman–Crippen LogP) is -0.0764. The van der Waals surface area contributed by atoms with Crippen LogP contribution in [0.5, 0.6) is 0 Å². The van der Waals surface area contributed by atoms with E-state index in [-0.39, 0.29) is 25.8 Å². The van der Waals surface area contributed by atoms with E-state index in [4.69, 9.17) is 4.74 Å². The lowest BCUT2D eigenvalue weighted by molar-refractivity contribution is -0.272. The molecule has 0 spiro atoms. The molecule has 0 saturated carbocycles. The van der Waals surface area contributed by atoms with Gasteiger partial charge in [0, 0.05) is 45.5 Å². The second kappa shape index (κ2) is 7.62. The van der Waals surface area contributed by atoms with Gasteiger partial charge in [-0.15, -0.1) is 0 Å². The second-order valence-electron chi connectivity index (χ2n) is 6.16. The molecule has 0 unspecified atom stereocenters. The number of aromatic nitrogens is 2. The number of amides is 2. The number of carbonyl (C=O) groups is 2. The highest BCUT2D eigenvalue weighted by atomic mass is 19.4. The van der Waals surface area contributed by atoms with Crippen LogP contribution in [0.2, 0.25) is 0 Å². The summed E-state index contributed by atoms with van der Waals surface area (Å²) in [5, 5.41) is 12.3. The van der Waals surface area contributed by atoms with Gasteiger partial charge in [-0.05, 0) is 6.92 Å². The van der Waals surface area contributed by atoms with Crippen LogP contribution in [-0.2, 0) is 27.0 Å². The number of rotatable bonds is 4. The molecule has 2 amide bonds. The van der Waals surface area contributed by atoms with Crippen molar-refractivity contribution in [2.75, 3.05) is 26.2 Å². The molecule has 1 saturated heterocycles. The van der Waals surface area contributed by atoms with E-state index in [9.17, 15) is 27.9 Å². The summed E-state index contributed by atoms with van der Waals surface area (Å²) in [5.74, 6) is -2.45. The lowest BCUT2D eigenvalue weighted by atomic mass is 9.97. The number of imidazole rings is 1. The fraction of sp³-hybridized carbons (Fsp3) is 0.667. The standard InChI is InChI=1S/C15H21F3N4O4/c1-10-9-22(7-8-26-10)12(24)11(23)19-4-3-14(25,15(16,17)18)13-20-5-6-21(13)2/h5-6,10,25H,3-4,7-9H2,1-2H3,(H,19,23)/t10-,14+/m0/s1. The van der Waals surface area contributed by atoms with Crippen molar-refractivity contribution in [3.63, 3.8) is 0 Å². The van der Waals surface area contributed by atoms with Crippen molar-refractivity contribution >= 4 is 11.8 Å². The molecule has 2 heterocycles. The highest BCUT2D eigenvalue weighted by Gasteiger charge is 2.57. The summed E-state index contributed by atoms with van der Waals surface area (Å²) in [6, 6.07) is 0. The quantitative estimate of drug-likeness (QED) is 0.715. The van der Waals surface area contributed by atoms with Gasteiger partial charge < -0.3 is 24.6 Å². The molecule has 1 aromatic rings. The fourth-order valence-electron chi connectivity index (χ4n) is 2.72. The molecule has 0 aromatic carbocycles. The van der Waals surface area contributed by atoms with Gasteiger partial charge in [0.25, 0.3) is 0 Å². The highest BCUT2D eigenvalue weighted by Crippen LogP contribution is 2.40. The molecular formula is C15H21F3N4O4. The van der Waals surface area contributed by atoms with E-state index in [0.29, 0.717) is 0 Å². The normalized spacial score (nSPS) is 20.5. The van der Waals surface area contributed by atoms with Gasteiger partial charge in [0.2, 0.25) is 5.60 Å². The smallest absolute Gasteiger partial charge is 0.375 e. The zero-order valence-electron chi connectivity index (χ0n) is 14.4. The zero-order chi connectivity index (χ0) is 19.5. The van der Waals surface area contributed by atoms with Crippen molar-refractivity contribution in [2.45, 2.75) is 31.2 Å². The van der Waals surface area contributed by atoms with Crippen molar-refractivity contribution in [1.29, 1.82) is 0 Å². The minimum atomic E-state index is -5.00. The summed E-state index contributed by atoms with van der Waals surface area (Å²) in [4.78, 5) is 28.8. The van der Waals surface area contributed by atoms with Crippen molar-refractivity contribution in [3.8, 4) is 0 Å². The Bertz CT molecular complexity index is 664. The summed E-state index contributed by atoms with van der Waals surface area (Å²) < 4.78 is 46.4. The Morgan fingerprint density at radius 1 is 1.46 bits per heavy atom. The first-order valence-corrected chi connectivity index (χ1v) is 8.02. The third-order valence-electron chi connectivity index (χ3n) is 4.15. The van der Waals surface area contributed by atoms with Crippen LogP contribution in [0.1, 0.15) is 19.2 Å². The van der Waals surface area contributed by atoms with Gasteiger partial charge in [-0.25, -0.2) is 4.98 Å². The number of aryl methyl sites for hydroxylation is 1. The van der Waals surface area contributed by atoms with Crippen molar-refractivity contribution in [1.82, 2.24) is 19.8 Å². The molecule has 1 aromatic heterocycles. The van der Waals surface area contributed by atoms with Gasteiger partial charge >= 0.3 is 18.0 Å². The second-order valence-corrected chi connectivity index (χ2v) is 6.16. The average Bonchev–Trinajstić information content (AvgIpc) is 2.99. The van der Waals surface area contributed by atoms with E-state index in [2.05, 4.69) is 10.3 Å². The lowest BCUT2D eigenvalue weighted by Gasteiger charge is -2.31. The van der Waals surface area contributed by atoms with Gasteiger partial charge in [-0.2, -0.15) is 13.2 Å². The Morgan fingerprint density at radius 2 is 2.15 bits per heavy atom. The molecule has 1 aliphatic heterocycles. The number of aliphatic hydroxyl groups is 1. The molecule has 1 fully saturated rings. The molecule has 2 N–H and O–H groups in total.